The molecule has 0 heterocycles. The van der Waals surface area contributed by atoms with Gasteiger partial charge in [-0.05, 0) is 59.3 Å². The third kappa shape index (κ3) is 2.86. The van der Waals surface area contributed by atoms with Gasteiger partial charge in [0, 0.05) is 12.0 Å². The Hall–Kier alpha value is -1.03. The van der Waals surface area contributed by atoms with Crippen molar-refractivity contribution in [1.29, 1.82) is 0 Å². The van der Waals surface area contributed by atoms with Gasteiger partial charge in [-0.2, -0.15) is 0 Å². The first kappa shape index (κ1) is 13.4. The largest absolute Gasteiger partial charge is 0.294 e. The van der Waals surface area contributed by atoms with Crippen LogP contribution in [0, 0.1) is 11.6 Å². The molecule has 0 bridgehead atoms. The van der Waals surface area contributed by atoms with Crippen LogP contribution in [-0.2, 0) is 11.2 Å². The summed E-state index contributed by atoms with van der Waals surface area (Å²) in [5.74, 6) is -1.52. The maximum Gasteiger partial charge on any atom is 0.163 e. The molecule has 0 aliphatic heterocycles. The number of Topliss-reactive ketones (excluding diaryl/α,β-unsaturated/α-hetero) is 1. The van der Waals surface area contributed by atoms with Crippen LogP contribution in [0.4, 0.5) is 8.78 Å². The predicted molar refractivity (Wildman–Crippen MR) is 69.3 cm³/mol. The van der Waals surface area contributed by atoms with E-state index in [-0.39, 0.29) is 22.2 Å². The average Bonchev–Trinajstić information content (AvgIpc) is 2.40. The molecule has 18 heavy (non-hydrogen) atoms. The lowest BCUT2D eigenvalue weighted by atomic mass is 9.93. The monoisotopic (exact) mass is 314 g/mol. The molecule has 0 amide bonds. The Morgan fingerprint density at radius 1 is 1.28 bits per heavy atom. The van der Waals surface area contributed by atoms with E-state index in [0.717, 1.165) is 25.7 Å². The second-order valence-corrected chi connectivity index (χ2v) is 5.25. The van der Waals surface area contributed by atoms with Crippen LogP contribution in [0.5, 0.6) is 0 Å². The average molecular weight is 315 g/mol. The van der Waals surface area contributed by atoms with Crippen LogP contribution >= 0.6 is 15.9 Å². The Balaban J connectivity index is 2.21. The van der Waals surface area contributed by atoms with E-state index in [1.807, 2.05) is 6.08 Å². The van der Waals surface area contributed by atoms with E-state index in [2.05, 4.69) is 15.9 Å². The molecule has 4 heteroatoms. The Labute approximate surface area is 113 Å². The normalized spacial score (nSPS) is 15.4. The predicted octanol–water partition coefficient (Wildman–Crippen LogP) is 4.34. The number of hydrogen-bond acceptors (Lipinski definition) is 1. The number of hydrogen-bond donors (Lipinski definition) is 0. The Morgan fingerprint density at radius 3 is 2.72 bits per heavy atom. The standard InChI is InChI=1S/C14H13BrF2O/c15-11-6-7-12(16)10(14(11)17)8-13(18)9-4-2-1-3-5-9/h4,6-7H,1-3,5,8H2. The smallest absolute Gasteiger partial charge is 0.163 e. The van der Waals surface area contributed by atoms with Gasteiger partial charge in [-0.3, -0.25) is 4.79 Å². The molecule has 0 atom stereocenters. The first-order valence-electron chi connectivity index (χ1n) is 5.94. The molecule has 2 rings (SSSR count). The minimum Gasteiger partial charge on any atom is -0.294 e. The van der Waals surface area contributed by atoms with Crippen LogP contribution in [0.15, 0.2) is 28.3 Å². The third-order valence-corrected chi connectivity index (χ3v) is 3.74. The minimum absolute atomic E-state index is 0.152. The fourth-order valence-electron chi connectivity index (χ4n) is 2.10. The van der Waals surface area contributed by atoms with Crippen LogP contribution in [0.2, 0.25) is 0 Å². The van der Waals surface area contributed by atoms with E-state index >= 15 is 0 Å². The summed E-state index contributed by atoms with van der Waals surface area (Å²) in [5.41, 5.74) is 0.556. The van der Waals surface area contributed by atoms with E-state index in [4.69, 9.17) is 0 Å². The van der Waals surface area contributed by atoms with Gasteiger partial charge < -0.3 is 0 Å². The number of rotatable bonds is 3. The van der Waals surface area contributed by atoms with Crippen molar-refractivity contribution < 1.29 is 13.6 Å². The van der Waals surface area contributed by atoms with E-state index in [1.165, 1.54) is 12.1 Å². The first-order chi connectivity index (χ1) is 8.59. The summed E-state index contributed by atoms with van der Waals surface area (Å²) in [4.78, 5) is 12.0. The number of benzene rings is 1. The van der Waals surface area contributed by atoms with Gasteiger partial charge in [0.05, 0.1) is 4.47 Å². The second-order valence-electron chi connectivity index (χ2n) is 4.40. The zero-order valence-electron chi connectivity index (χ0n) is 9.81. The maximum absolute atomic E-state index is 13.7. The zero-order chi connectivity index (χ0) is 13.1. The van der Waals surface area contributed by atoms with Gasteiger partial charge in [-0.15, -0.1) is 0 Å². The summed E-state index contributed by atoms with van der Waals surface area (Å²) in [6.45, 7) is 0. The quantitative estimate of drug-likeness (QED) is 0.758. The fraction of sp³-hybridized carbons (Fsp3) is 0.357. The van der Waals surface area contributed by atoms with Crippen molar-refractivity contribution in [2.24, 2.45) is 0 Å². The van der Waals surface area contributed by atoms with E-state index in [9.17, 15) is 13.6 Å². The molecule has 0 spiro atoms. The van der Waals surface area contributed by atoms with Gasteiger partial charge >= 0.3 is 0 Å². The van der Waals surface area contributed by atoms with Crippen LogP contribution < -0.4 is 0 Å². The topological polar surface area (TPSA) is 17.1 Å². The Kier molecular flexibility index (Phi) is 4.27. The summed E-state index contributed by atoms with van der Waals surface area (Å²) in [6.07, 6.45) is 5.33. The SMILES string of the molecule is O=C(Cc1c(F)ccc(Br)c1F)C1=CCCCC1. The molecule has 0 radical (unpaired) electrons. The van der Waals surface area contributed by atoms with Crippen LogP contribution in [0.1, 0.15) is 31.2 Å². The van der Waals surface area contributed by atoms with Crippen LogP contribution in [-0.4, -0.2) is 5.78 Å². The van der Waals surface area contributed by atoms with Gasteiger partial charge in [0.1, 0.15) is 11.6 Å². The van der Waals surface area contributed by atoms with Crippen molar-refractivity contribution in [2.75, 3.05) is 0 Å². The molecule has 1 aliphatic rings. The van der Waals surface area contributed by atoms with Crippen molar-refractivity contribution in [3.05, 3.63) is 45.5 Å². The lowest BCUT2D eigenvalue weighted by Gasteiger charge is -2.12. The van der Waals surface area contributed by atoms with Gasteiger partial charge in [0.15, 0.2) is 5.78 Å². The highest BCUT2D eigenvalue weighted by Crippen LogP contribution is 2.25. The fourth-order valence-corrected chi connectivity index (χ4v) is 2.47. The number of carbonyl (C=O) groups excluding carboxylic acids is 1. The van der Waals surface area contributed by atoms with Gasteiger partial charge in [0.25, 0.3) is 0 Å². The Bertz CT molecular complexity index is 509. The third-order valence-electron chi connectivity index (χ3n) is 3.13. The Morgan fingerprint density at radius 2 is 2.06 bits per heavy atom. The summed E-state index contributed by atoms with van der Waals surface area (Å²) in [7, 11) is 0. The van der Waals surface area contributed by atoms with E-state index in [0.29, 0.717) is 5.57 Å². The number of halogens is 3. The summed E-state index contributed by atoms with van der Waals surface area (Å²) < 4.78 is 27.4. The summed E-state index contributed by atoms with van der Waals surface area (Å²) in [6, 6.07) is 2.48. The summed E-state index contributed by atoms with van der Waals surface area (Å²) in [5, 5.41) is 0. The van der Waals surface area contributed by atoms with E-state index < -0.39 is 11.6 Å². The molecule has 1 aromatic rings. The zero-order valence-corrected chi connectivity index (χ0v) is 11.4. The minimum atomic E-state index is -0.681. The number of allylic oxidation sites excluding steroid dienone is 2. The van der Waals surface area contributed by atoms with Crippen LogP contribution in [0.3, 0.4) is 0 Å². The van der Waals surface area contributed by atoms with E-state index in [1.54, 1.807) is 0 Å². The van der Waals surface area contributed by atoms with Gasteiger partial charge in [0.2, 0.25) is 0 Å². The highest BCUT2D eigenvalue weighted by Gasteiger charge is 2.19. The van der Waals surface area contributed by atoms with Gasteiger partial charge in [-0.25, -0.2) is 8.78 Å². The molecule has 0 saturated heterocycles. The molecule has 1 aliphatic carbocycles. The van der Waals surface area contributed by atoms with Crippen molar-refractivity contribution >= 4 is 21.7 Å². The lowest BCUT2D eigenvalue weighted by Crippen LogP contribution is -2.11. The molecular formula is C14H13BrF2O. The van der Waals surface area contributed by atoms with Crippen molar-refractivity contribution in [1.82, 2.24) is 0 Å². The molecule has 0 aromatic heterocycles. The number of ketones is 1. The van der Waals surface area contributed by atoms with Gasteiger partial charge in [-0.1, -0.05) is 6.08 Å². The number of carbonyl (C=O) groups is 1. The van der Waals surface area contributed by atoms with Crippen LogP contribution in [0.25, 0.3) is 0 Å². The molecule has 0 saturated carbocycles. The van der Waals surface area contributed by atoms with Crippen molar-refractivity contribution in [3.8, 4) is 0 Å². The first-order valence-corrected chi connectivity index (χ1v) is 6.73. The molecule has 0 unspecified atom stereocenters. The molecular weight excluding hydrogens is 302 g/mol. The highest BCUT2D eigenvalue weighted by atomic mass is 79.9. The highest BCUT2D eigenvalue weighted by molar-refractivity contribution is 9.10. The lowest BCUT2D eigenvalue weighted by molar-refractivity contribution is -0.115. The van der Waals surface area contributed by atoms with Crippen molar-refractivity contribution in [3.63, 3.8) is 0 Å². The molecule has 96 valence electrons. The van der Waals surface area contributed by atoms with Crippen molar-refractivity contribution in [2.45, 2.75) is 32.1 Å². The molecule has 1 aromatic carbocycles. The molecule has 0 fully saturated rings. The molecule has 0 N–H and O–H groups in total. The maximum atomic E-state index is 13.7. The molecule has 1 nitrogen and oxygen atoms in total. The summed E-state index contributed by atoms with van der Waals surface area (Å²) >= 11 is 3.00. The second kappa shape index (κ2) is 5.74.